The number of carbonyl (C=O) groups excluding carboxylic acids is 2. The first-order valence-electron chi connectivity index (χ1n) is 12.3. The highest BCUT2D eigenvalue weighted by atomic mass is 16.5. The number of fused-ring (bicyclic) bond motifs is 2. The number of nitrogens with one attached hydrogen (secondary N) is 1. The highest BCUT2D eigenvalue weighted by molar-refractivity contribution is 6.08. The average molecular weight is 499 g/mol. The number of amides is 2. The summed E-state index contributed by atoms with van der Waals surface area (Å²) in [5, 5.41) is 8.28. The predicted octanol–water partition coefficient (Wildman–Crippen LogP) is 4.90. The number of ether oxygens (including phenoxy) is 1. The van der Waals surface area contributed by atoms with Crippen molar-refractivity contribution in [2.75, 3.05) is 11.9 Å². The number of carbonyl (C=O) groups is 2. The van der Waals surface area contributed by atoms with E-state index in [1.54, 1.807) is 41.2 Å². The SMILES string of the molecule is CC.CCCOc1ccn2c(C(=O)Nc3cccc4c3cnn4Cc3cccc(C(N)=O)c3)cnc2c1. The number of hydrogen-bond donors (Lipinski definition) is 2. The standard InChI is InChI=1S/C26H24N6O3.C2H6/c1-2-11-35-19-9-10-31-23(15-28-24(31)13-19)26(34)30-21-7-4-8-22-20(21)14-29-32(22)16-17-5-3-6-18(12-17)25(27)33;1-2/h3-10,12-15H,2,11,16H2,1H3,(H2,27,33)(H,30,34);1-2H3. The lowest BCUT2D eigenvalue weighted by Crippen LogP contribution is -2.14. The van der Waals surface area contributed by atoms with Gasteiger partial charge in [-0.05, 0) is 42.3 Å². The molecule has 37 heavy (non-hydrogen) atoms. The maximum absolute atomic E-state index is 13.1. The van der Waals surface area contributed by atoms with E-state index >= 15 is 0 Å². The third-order valence-electron chi connectivity index (χ3n) is 5.67. The van der Waals surface area contributed by atoms with Crippen LogP contribution in [0.25, 0.3) is 16.6 Å². The van der Waals surface area contributed by atoms with Crippen LogP contribution in [-0.4, -0.2) is 37.6 Å². The number of anilines is 1. The number of aromatic nitrogens is 4. The first kappa shape index (κ1) is 25.4. The molecule has 0 aliphatic heterocycles. The zero-order valence-electron chi connectivity index (χ0n) is 21.1. The van der Waals surface area contributed by atoms with Gasteiger partial charge in [-0.25, -0.2) is 4.98 Å². The Labute approximate surface area is 214 Å². The van der Waals surface area contributed by atoms with Crippen LogP contribution in [0, 0.1) is 0 Å². The van der Waals surface area contributed by atoms with Crippen LogP contribution in [0.4, 0.5) is 5.69 Å². The number of nitrogens with two attached hydrogens (primary N) is 1. The van der Waals surface area contributed by atoms with E-state index in [2.05, 4.69) is 15.4 Å². The van der Waals surface area contributed by atoms with E-state index in [4.69, 9.17) is 10.5 Å². The molecule has 0 unspecified atom stereocenters. The van der Waals surface area contributed by atoms with Crippen molar-refractivity contribution in [1.29, 1.82) is 0 Å². The van der Waals surface area contributed by atoms with Crippen molar-refractivity contribution in [2.45, 2.75) is 33.7 Å². The fraction of sp³-hybridized carbons (Fsp3) is 0.214. The Bertz CT molecular complexity index is 1550. The van der Waals surface area contributed by atoms with Crippen LogP contribution >= 0.6 is 0 Å². The molecule has 2 amide bonds. The maximum atomic E-state index is 13.1. The van der Waals surface area contributed by atoms with Gasteiger partial charge in [0.15, 0.2) is 0 Å². The summed E-state index contributed by atoms with van der Waals surface area (Å²) in [5.74, 6) is -0.0381. The molecule has 3 aromatic heterocycles. The van der Waals surface area contributed by atoms with Crippen LogP contribution in [0.2, 0.25) is 0 Å². The van der Waals surface area contributed by atoms with Crippen molar-refractivity contribution in [3.63, 3.8) is 0 Å². The van der Waals surface area contributed by atoms with Crippen molar-refractivity contribution in [1.82, 2.24) is 19.2 Å². The number of imidazole rings is 1. The maximum Gasteiger partial charge on any atom is 0.274 e. The first-order valence-corrected chi connectivity index (χ1v) is 12.3. The Morgan fingerprint density at radius 3 is 2.65 bits per heavy atom. The van der Waals surface area contributed by atoms with Gasteiger partial charge < -0.3 is 15.8 Å². The third kappa shape index (κ3) is 5.45. The molecule has 9 heteroatoms. The van der Waals surface area contributed by atoms with Gasteiger partial charge in [-0.3, -0.25) is 18.7 Å². The molecule has 0 saturated heterocycles. The molecule has 0 saturated carbocycles. The number of benzene rings is 2. The number of pyridine rings is 1. The van der Waals surface area contributed by atoms with Crippen molar-refractivity contribution >= 4 is 34.1 Å². The van der Waals surface area contributed by atoms with Crippen molar-refractivity contribution in [3.8, 4) is 5.75 Å². The number of primary amides is 1. The largest absolute Gasteiger partial charge is 0.493 e. The van der Waals surface area contributed by atoms with Gasteiger partial charge in [0.05, 0.1) is 36.7 Å². The van der Waals surface area contributed by atoms with Crippen LogP contribution in [-0.2, 0) is 6.54 Å². The summed E-state index contributed by atoms with van der Waals surface area (Å²) in [5.41, 5.74) is 9.28. The van der Waals surface area contributed by atoms with Crippen molar-refractivity contribution in [3.05, 3.63) is 90.0 Å². The van der Waals surface area contributed by atoms with Gasteiger partial charge in [0.2, 0.25) is 5.91 Å². The summed E-state index contributed by atoms with van der Waals surface area (Å²) < 4.78 is 9.20. The average Bonchev–Trinajstić information content (AvgIpc) is 3.53. The molecule has 0 fully saturated rings. The summed E-state index contributed by atoms with van der Waals surface area (Å²) >= 11 is 0. The second-order valence-corrected chi connectivity index (χ2v) is 8.14. The molecule has 5 aromatic rings. The molecule has 3 N–H and O–H groups in total. The molecule has 3 heterocycles. The fourth-order valence-electron chi connectivity index (χ4n) is 3.96. The molecule has 9 nitrogen and oxygen atoms in total. The van der Waals surface area contributed by atoms with E-state index in [1.165, 1.54) is 0 Å². The lowest BCUT2D eigenvalue weighted by atomic mass is 10.1. The summed E-state index contributed by atoms with van der Waals surface area (Å²) in [6.45, 7) is 7.12. The second kappa shape index (κ2) is 11.4. The second-order valence-electron chi connectivity index (χ2n) is 8.14. The number of hydrogen-bond acceptors (Lipinski definition) is 5. The quantitative estimate of drug-likeness (QED) is 0.316. The van der Waals surface area contributed by atoms with E-state index < -0.39 is 5.91 Å². The minimum absolute atomic E-state index is 0.283. The van der Waals surface area contributed by atoms with Gasteiger partial charge in [0.25, 0.3) is 5.91 Å². The molecule has 0 spiro atoms. The van der Waals surface area contributed by atoms with Crippen LogP contribution in [0.1, 0.15) is 53.6 Å². The molecule has 0 bridgehead atoms. The van der Waals surface area contributed by atoms with E-state index in [0.29, 0.717) is 35.7 Å². The lowest BCUT2D eigenvalue weighted by molar-refractivity contribution is 0.0997. The highest BCUT2D eigenvalue weighted by Gasteiger charge is 2.16. The zero-order valence-corrected chi connectivity index (χ0v) is 21.1. The number of nitrogens with zero attached hydrogens (tertiary/aromatic N) is 4. The smallest absolute Gasteiger partial charge is 0.274 e. The first-order chi connectivity index (χ1) is 18.0. The Morgan fingerprint density at radius 2 is 1.86 bits per heavy atom. The monoisotopic (exact) mass is 498 g/mol. The fourth-order valence-corrected chi connectivity index (χ4v) is 3.96. The Hall–Kier alpha value is -4.66. The Balaban J connectivity index is 0.00000156. The zero-order chi connectivity index (χ0) is 26.4. The van der Waals surface area contributed by atoms with Gasteiger partial charge in [-0.15, -0.1) is 0 Å². The molecule has 0 aliphatic carbocycles. The summed E-state index contributed by atoms with van der Waals surface area (Å²) in [6, 6.07) is 16.4. The highest BCUT2D eigenvalue weighted by Crippen LogP contribution is 2.25. The molecule has 0 atom stereocenters. The minimum Gasteiger partial charge on any atom is -0.493 e. The van der Waals surface area contributed by atoms with Gasteiger partial charge in [0.1, 0.15) is 17.1 Å². The summed E-state index contributed by atoms with van der Waals surface area (Å²) in [7, 11) is 0. The molecule has 2 aromatic carbocycles. The van der Waals surface area contributed by atoms with Crippen molar-refractivity contribution in [2.24, 2.45) is 5.73 Å². The van der Waals surface area contributed by atoms with E-state index in [1.807, 2.05) is 61.9 Å². The summed E-state index contributed by atoms with van der Waals surface area (Å²) in [4.78, 5) is 29.0. The van der Waals surface area contributed by atoms with E-state index in [0.717, 1.165) is 28.6 Å². The molecule has 5 rings (SSSR count). The van der Waals surface area contributed by atoms with Gasteiger partial charge >= 0.3 is 0 Å². The predicted molar refractivity (Wildman–Crippen MR) is 144 cm³/mol. The van der Waals surface area contributed by atoms with Gasteiger partial charge in [0, 0.05) is 23.2 Å². The topological polar surface area (TPSA) is 117 Å². The van der Waals surface area contributed by atoms with Gasteiger partial charge in [-0.1, -0.05) is 39.0 Å². The molecule has 190 valence electrons. The Kier molecular flexibility index (Phi) is 7.83. The van der Waals surface area contributed by atoms with Crippen LogP contribution in [0.15, 0.2) is 73.2 Å². The van der Waals surface area contributed by atoms with Crippen LogP contribution in [0.3, 0.4) is 0 Å². The summed E-state index contributed by atoms with van der Waals surface area (Å²) in [6.07, 6.45) is 5.95. The Morgan fingerprint density at radius 1 is 1.05 bits per heavy atom. The molecular formula is C28H30N6O3. The van der Waals surface area contributed by atoms with E-state index in [9.17, 15) is 9.59 Å². The minimum atomic E-state index is -0.473. The van der Waals surface area contributed by atoms with Crippen molar-refractivity contribution < 1.29 is 14.3 Å². The molecule has 0 aliphatic rings. The van der Waals surface area contributed by atoms with E-state index in [-0.39, 0.29) is 5.91 Å². The van der Waals surface area contributed by atoms with Crippen LogP contribution in [0.5, 0.6) is 5.75 Å². The number of rotatable bonds is 8. The lowest BCUT2D eigenvalue weighted by Gasteiger charge is -2.09. The van der Waals surface area contributed by atoms with Crippen LogP contribution < -0.4 is 15.8 Å². The van der Waals surface area contributed by atoms with Gasteiger partial charge in [-0.2, -0.15) is 5.10 Å². The molecule has 0 radical (unpaired) electrons. The third-order valence-corrected chi connectivity index (χ3v) is 5.67. The molecular weight excluding hydrogens is 468 g/mol. The normalized spacial score (nSPS) is 10.7.